The van der Waals surface area contributed by atoms with E-state index in [4.69, 9.17) is 11.6 Å². The van der Waals surface area contributed by atoms with E-state index < -0.39 is 11.0 Å². The summed E-state index contributed by atoms with van der Waals surface area (Å²) in [6, 6.07) is 9.04. The Bertz CT molecular complexity index is 962. The van der Waals surface area contributed by atoms with Crippen LogP contribution in [0.3, 0.4) is 0 Å². The fourth-order valence-corrected chi connectivity index (χ4v) is 3.46. The summed E-state index contributed by atoms with van der Waals surface area (Å²) in [7, 11) is 0. The van der Waals surface area contributed by atoms with Crippen LogP contribution in [0.5, 0.6) is 0 Å². The molecule has 1 heterocycles. The van der Waals surface area contributed by atoms with Crippen molar-refractivity contribution in [3.05, 3.63) is 55.1 Å². The number of nitro benzene ring substituents is 1. The molecule has 0 aliphatic heterocycles. The number of nitrogens with one attached hydrogen (secondary N) is 2. The zero-order valence-electron chi connectivity index (χ0n) is 11.7. The first-order chi connectivity index (χ1) is 11.4. The largest absolute Gasteiger partial charge is 0.325 e. The van der Waals surface area contributed by atoms with Crippen LogP contribution in [0.4, 0.5) is 21.3 Å². The quantitative estimate of drug-likeness (QED) is 0.313. The highest BCUT2D eigenvalue weighted by atomic mass is 127. The molecule has 0 saturated heterocycles. The number of rotatable bonds is 3. The summed E-state index contributed by atoms with van der Waals surface area (Å²) in [5.74, 6) is 0. The summed E-state index contributed by atoms with van der Waals surface area (Å²) in [5.41, 5.74) is 1.14. The molecule has 1 aromatic heterocycles. The van der Waals surface area contributed by atoms with Gasteiger partial charge in [0.15, 0.2) is 5.13 Å². The van der Waals surface area contributed by atoms with Crippen molar-refractivity contribution in [2.24, 2.45) is 0 Å². The number of carbonyl (C=O) groups is 1. The van der Waals surface area contributed by atoms with Crippen molar-refractivity contribution < 1.29 is 9.72 Å². The molecule has 0 unspecified atom stereocenters. The molecule has 0 aliphatic rings. The normalized spacial score (nSPS) is 10.6. The summed E-state index contributed by atoms with van der Waals surface area (Å²) >= 11 is 9.16. The molecule has 7 nitrogen and oxygen atoms in total. The van der Waals surface area contributed by atoms with Crippen LogP contribution in [0.15, 0.2) is 36.4 Å². The minimum Gasteiger partial charge on any atom is -0.307 e. The number of anilines is 2. The molecule has 0 bridgehead atoms. The summed E-state index contributed by atoms with van der Waals surface area (Å²) in [5, 5.41) is 17.0. The molecular formula is C14H8ClIN4O3S. The molecule has 0 spiro atoms. The Morgan fingerprint density at radius 1 is 1.25 bits per heavy atom. The van der Waals surface area contributed by atoms with E-state index in [-0.39, 0.29) is 5.69 Å². The van der Waals surface area contributed by atoms with Crippen molar-refractivity contribution in [1.82, 2.24) is 4.98 Å². The lowest BCUT2D eigenvalue weighted by Gasteiger charge is -2.07. The number of hydrogen-bond acceptors (Lipinski definition) is 5. The zero-order chi connectivity index (χ0) is 17.3. The standard InChI is InChI=1S/C14H8ClIN4O3S/c15-7-1-3-9(16)11(5-7)17-13(21)19-14-18-10-4-2-8(20(22)23)6-12(10)24-14/h1-6H,(H2,17,18,19,21). The van der Waals surface area contributed by atoms with Crippen molar-refractivity contribution in [2.45, 2.75) is 0 Å². The molecule has 0 atom stereocenters. The van der Waals surface area contributed by atoms with E-state index in [1.807, 2.05) is 0 Å². The molecule has 0 fully saturated rings. The number of nitrogens with zero attached hydrogens (tertiary/aromatic N) is 2. The van der Waals surface area contributed by atoms with Crippen molar-refractivity contribution in [1.29, 1.82) is 0 Å². The molecule has 2 aromatic carbocycles. The van der Waals surface area contributed by atoms with E-state index in [9.17, 15) is 14.9 Å². The number of hydrogen-bond donors (Lipinski definition) is 2. The first-order valence-corrected chi connectivity index (χ1v) is 8.78. The van der Waals surface area contributed by atoms with Crippen LogP contribution in [0.25, 0.3) is 10.2 Å². The molecular weight excluding hydrogens is 467 g/mol. The van der Waals surface area contributed by atoms with Gasteiger partial charge in [0.2, 0.25) is 0 Å². The number of halogens is 2. The van der Waals surface area contributed by atoms with Crippen molar-refractivity contribution in [3.63, 3.8) is 0 Å². The number of aromatic nitrogens is 1. The molecule has 3 aromatic rings. The van der Waals surface area contributed by atoms with Crippen LogP contribution in [0.1, 0.15) is 0 Å². The summed E-state index contributed by atoms with van der Waals surface area (Å²) < 4.78 is 1.46. The SMILES string of the molecule is O=C(Nc1nc2ccc([N+](=O)[O-])cc2s1)Nc1cc(Cl)ccc1I. The highest BCUT2D eigenvalue weighted by Crippen LogP contribution is 2.29. The van der Waals surface area contributed by atoms with Gasteiger partial charge in [-0.2, -0.15) is 0 Å². The number of thiazole rings is 1. The molecule has 24 heavy (non-hydrogen) atoms. The second kappa shape index (κ2) is 6.87. The van der Waals surface area contributed by atoms with Gasteiger partial charge < -0.3 is 5.32 Å². The van der Waals surface area contributed by atoms with Crippen molar-refractivity contribution in [3.8, 4) is 0 Å². The Hall–Kier alpha value is -1.98. The highest BCUT2D eigenvalue weighted by molar-refractivity contribution is 14.1. The molecule has 2 amide bonds. The monoisotopic (exact) mass is 474 g/mol. The van der Waals surface area contributed by atoms with Crippen LogP contribution in [0, 0.1) is 13.7 Å². The van der Waals surface area contributed by atoms with Gasteiger partial charge in [-0.05, 0) is 46.9 Å². The van der Waals surface area contributed by atoms with E-state index in [1.165, 1.54) is 12.1 Å². The molecule has 122 valence electrons. The predicted octanol–water partition coefficient (Wildman–Crippen LogP) is 5.11. The average Bonchev–Trinajstić information content (AvgIpc) is 2.91. The van der Waals surface area contributed by atoms with Gasteiger partial charge in [0.05, 0.1) is 20.8 Å². The Morgan fingerprint density at radius 2 is 2.04 bits per heavy atom. The van der Waals surface area contributed by atoms with Gasteiger partial charge in [-0.3, -0.25) is 15.4 Å². The second-order valence-corrected chi connectivity index (χ2v) is 7.26. The highest BCUT2D eigenvalue weighted by Gasteiger charge is 2.12. The van der Waals surface area contributed by atoms with Crippen molar-refractivity contribution in [2.75, 3.05) is 10.6 Å². The maximum absolute atomic E-state index is 12.1. The third-order valence-corrected chi connectivity index (χ3v) is 5.09. The smallest absolute Gasteiger partial charge is 0.307 e. The Labute approximate surface area is 158 Å². The molecule has 2 N–H and O–H groups in total. The number of urea groups is 1. The second-order valence-electron chi connectivity index (χ2n) is 4.63. The molecule has 3 rings (SSSR count). The van der Waals surface area contributed by atoms with Crippen LogP contribution in [0.2, 0.25) is 5.02 Å². The summed E-state index contributed by atoms with van der Waals surface area (Å²) in [4.78, 5) is 26.6. The predicted molar refractivity (Wildman–Crippen MR) is 103 cm³/mol. The number of nitro groups is 1. The lowest BCUT2D eigenvalue weighted by atomic mass is 10.3. The third-order valence-electron chi connectivity index (χ3n) is 2.98. The maximum Gasteiger partial charge on any atom is 0.325 e. The lowest BCUT2D eigenvalue weighted by Crippen LogP contribution is -2.19. The van der Waals surface area contributed by atoms with Crippen LogP contribution in [-0.4, -0.2) is 15.9 Å². The van der Waals surface area contributed by atoms with E-state index in [1.54, 1.807) is 24.3 Å². The van der Waals surface area contributed by atoms with Crippen LogP contribution in [-0.2, 0) is 0 Å². The number of non-ortho nitro benzene ring substituents is 1. The topological polar surface area (TPSA) is 97.2 Å². The first kappa shape index (κ1) is 16.9. The number of fused-ring (bicyclic) bond motifs is 1. The van der Waals surface area contributed by atoms with Gasteiger partial charge in [0.1, 0.15) is 0 Å². The maximum atomic E-state index is 12.1. The Balaban J connectivity index is 1.78. The van der Waals surface area contributed by atoms with Crippen LogP contribution < -0.4 is 10.6 Å². The minimum atomic E-state index is -0.472. The first-order valence-electron chi connectivity index (χ1n) is 6.50. The van der Waals surface area contributed by atoms with Gasteiger partial charge >= 0.3 is 6.03 Å². The Morgan fingerprint density at radius 3 is 2.79 bits per heavy atom. The summed E-state index contributed by atoms with van der Waals surface area (Å²) in [6.07, 6.45) is 0. The molecule has 0 radical (unpaired) electrons. The lowest BCUT2D eigenvalue weighted by molar-refractivity contribution is -0.384. The fourth-order valence-electron chi connectivity index (χ4n) is 1.92. The zero-order valence-corrected chi connectivity index (χ0v) is 15.5. The summed E-state index contributed by atoms with van der Waals surface area (Å²) in [6.45, 7) is 0. The van der Waals surface area contributed by atoms with Gasteiger partial charge in [-0.1, -0.05) is 22.9 Å². The molecule has 0 saturated carbocycles. The van der Waals surface area contributed by atoms with Gasteiger partial charge in [0, 0.05) is 20.7 Å². The molecule has 10 heteroatoms. The van der Waals surface area contributed by atoms with Gasteiger partial charge in [0.25, 0.3) is 5.69 Å². The van der Waals surface area contributed by atoms with E-state index in [0.29, 0.717) is 26.1 Å². The van der Waals surface area contributed by atoms with E-state index >= 15 is 0 Å². The van der Waals surface area contributed by atoms with Gasteiger partial charge in [-0.15, -0.1) is 0 Å². The fraction of sp³-hybridized carbons (Fsp3) is 0. The van der Waals surface area contributed by atoms with Crippen molar-refractivity contribution >= 4 is 78.3 Å². The molecule has 0 aliphatic carbocycles. The number of carbonyl (C=O) groups excluding carboxylic acids is 1. The van der Waals surface area contributed by atoms with Gasteiger partial charge in [-0.25, -0.2) is 9.78 Å². The Kier molecular flexibility index (Phi) is 4.83. The van der Waals surface area contributed by atoms with E-state index in [0.717, 1.165) is 14.9 Å². The average molecular weight is 475 g/mol. The number of amides is 2. The number of benzene rings is 2. The minimum absolute atomic E-state index is 0.0179. The van der Waals surface area contributed by atoms with E-state index in [2.05, 4.69) is 38.2 Å². The van der Waals surface area contributed by atoms with Crippen LogP contribution >= 0.6 is 45.5 Å². The third kappa shape index (κ3) is 3.74.